The molecule has 0 aromatic carbocycles. The van der Waals surface area contributed by atoms with Crippen molar-refractivity contribution in [3.05, 3.63) is 0 Å². The van der Waals surface area contributed by atoms with Gasteiger partial charge in [0.1, 0.15) is 0 Å². The van der Waals surface area contributed by atoms with Crippen LogP contribution in [0.2, 0.25) is 0 Å². The van der Waals surface area contributed by atoms with E-state index in [9.17, 15) is 0 Å². The van der Waals surface area contributed by atoms with E-state index in [-0.39, 0.29) is 5.92 Å². The second kappa shape index (κ2) is 4.66. The van der Waals surface area contributed by atoms with Gasteiger partial charge in [-0.25, -0.2) is 5.84 Å². The summed E-state index contributed by atoms with van der Waals surface area (Å²) < 4.78 is 0. The summed E-state index contributed by atoms with van der Waals surface area (Å²) in [4.78, 5) is 8.15. The molecule has 5 heteroatoms. The zero-order chi connectivity index (χ0) is 8.85. The molecule has 0 rings (SSSR count). The van der Waals surface area contributed by atoms with Gasteiger partial charge in [-0.1, -0.05) is 13.8 Å². The smallest absolute Gasteiger partial charge is 0.207 e. The van der Waals surface area contributed by atoms with Gasteiger partial charge < -0.3 is 0 Å². The van der Waals surface area contributed by atoms with Crippen molar-refractivity contribution in [1.82, 2.24) is 5.17 Å². The first-order valence-corrected chi connectivity index (χ1v) is 3.19. The second-order valence-corrected chi connectivity index (χ2v) is 2.23. The summed E-state index contributed by atoms with van der Waals surface area (Å²) >= 11 is 0. The van der Waals surface area contributed by atoms with Crippen LogP contribution in [0.5, 0.6) is 0 Å². The van der Waals surface area contributed by atoms with Crippen LogP contribution in [0.25, 0.3) is 0 Å². The van der Waals surface area contributed by atoms with Crippen LogP contribution in [-0.4, -0.2) is 18.1 Å². The van der Waals surface area contributed by atoms with E-state index in [2.05, 4.69) is 9.83 Å². The minimum Gasteiger partial charge on any atom is -0.260 e. The minimum absolute atomic E-state index is 0.0691. The summed E-state index contributed by atoms with van der Waals surface area (Å²) in [6, 6.07) is 0. The molecular weight excluding hydrogens is 144 g/mol. The molecule has 2 N–H and O–H groups in total. The van der Waals surface area contributed by atoms with Gasteiger partial charge in [0, 0.05) is 5.92 Å². The number of hydrazine groups is 1. The highest BCUT2D eigenvalue weighted by Crippen LogP contribution is 1.99. The first-order chi connectivity index (χ1) is 5.13. The number of hydroxylamine groups is 1. The van der Waals surface area contributed by atoms with E-state index in [0.29, 0.717) is 5.84 Å². The van der Waals surface area contributed by atoms with Gasteiger partial charge in [0.05, 0.1) is 7.11 Å². The molecule has 0 saturated carbocycles. The fourth-order valence-corrected chi connectivity index (χ4v) is 0.578. The molecule has 0 atom stereocenters. The van der Waals surface area contributed by atoms with Gasteiger partial charge in [-0.15, -0.1) is 0 Å². The van der Waals surface area contributed by atoms with Crippen LogP contribution in [0.1, 0.15) is 13.8 Å². The Hall–Kier alpha value is -1.12. The third-order valence-electron chi connectivity index (χ3n) is 1.10. The number of nitriles is 1. The number of nitrogens with zero attached hydrogens (tertiary/aromatic N) is 3. The van der Waals surface area contributed by atoms with Crippen molar-refractivity contribution in [2.24, 2.45) is 16.8 Å². The lowest BCUT2D eigenvalue weighted by Crippen LogP contribution is -2.39. The van der Waals surface area contributed by atoms with Crippen LogP contribution in [-0.2, 0) is 4.84 Å². The molecule has 0 aliphatic rings. The van der Waals surface area contributed by atoms with E-state index in [1.165, 1.54) is 7.11 Å². The summed E-state index contributed by atoms with van der Waals surface area (Å²) in [7, 11) is 1.41. The molecule has 0 amide bonds. The molecule has 0 fully saturated rings. The number of hydrogen-bond donors (Lipinski definition) is 1. The molecule has 0 bridgehead atoms. The van der Waals surface area contributed by atoms with Crippen LogP contribution in [0.3, 0.4) is 0 Å². The van der Waals surface area contributed by atoms with Gasteiger partial charge >= 0.3 is 0 Å². The molecular formula is C6H12N4O. The van der Waals surface area contributed by atoms with Crippen molar-refractivity contribution in [2.45, 2.75) is 13.8 Å². The lowest BCUT2D eigenvalue weighted by Gasteiger charge is -2.18. The fraction of sp³-hybridized carbons (Fsp3) is 0.667. The number of nitrogens with two attached hydrogens (primary N) is 1. The highest BCUT2D eigenvalue weighted by Gasteiger charge is 2.10. The highest BCUT2D eigenvalue weighted by molar-refractivity contribution is 5.83. The Kier molecular flexibility index (Phi) is 4.18. The Balaban J connectivity index is 4.37. The van der Waals surface area contributed by atoms with E-state index in [4.69, 9.17) is 11.1 Å². The topological polar surface area (TPSA) is 74.6 Å². The summed E-state index contributed by atoms with van der Waals surface area (Å²) in [5.74, 6) is 5.81. The van der Waals surface area contributed by atoms with Gasteiger partial charge in [0.2, 0.25) is 6.19 Å². The Morgan fingerprint density at radius 3 is 2.55 bits per heavy atom. The van der Waals surface area contributed by atoms with Gasteiger partial charge in [-0.05, 0) is 0 Å². The monoisotopic (exact) mass is 156 g/mol. The number of aliphatic imine (C=N–C) groups is 1. The van der Waals surface area contributed by atoms with E-state index in [1.54, 1.807) is 6.19 Å². The Labute approximate surface area is 66.0 Å². The molecule has 0 heterocycles. The average Bonchev–Trinajstić information content (AvgIpc) is 1.98. The van der Waals surface area contributed by atoms with Crippen LogP contribution in [0, 0.1) is 17.4 Å². The molecule has 0 aliphatic carbocycles. The minimum atomic E-state index is 0.0691. The third-order valence-corrected chi connectivity index (χ3v) is 1.10. The SMILES string of the molecule is CON(N)C(=NC#N)C(C)C. The van der Waals surface area contributed by atoms with Crippen molar-refractivity contribution < 1.29 is 4.84 Å². The Bertz CT molecular complexity index is 182. The van der Waals surface area contributed by atoms with E-state index >= 15 is 0 Å². The molecule has 0 aliphatic heterocycles. The lowest BCUT2D eigenvalue weighted by molar-refractivity contribution is -0.0701. The zero-order valence-electron chi connectivity index (χ0n) is 6.90. The van der Waals surface area contributed by atoms with E-state index in [1.807, 2.05) is 13.8 Å². The van der Waals surface area contributed by atoms with Crippen molar-refractivity contribution in [1.29, 1.82) is 5.26 Å². The second-order valence-electron chi connectivity index (χ2n) is 2.23. The fourth-order valence-electron chi connectivity index (χ4n) is 0.578. The van der Waals surface area contributed by atoms with Gasteiger partial charge in [0.15, 0.2) is 5.84 Å². The van der Waals surface area contributed by atoms with Gasteiger partial charge in [-0.2, -0.15) is 15.4 Å². The first-order valence-electron chi connectivity index (χ1n) is 3.19. The predicted molar refractivity (Wildman–Crippen MR) is 40.9 cm³/mol. The van der Waals surface area contributed by atoms with Crippen molar-refractivity contribution >= 4 is 5.84 Å². The Morgan fingerprint density at radius 2 is 2.27 bits per heavy atom. The molecule has 11 heavy (non-hydrogen) atoms. The zero-order valence-corrected chi connectivity index (χ0v) is 6.90. The maximum absolute atomic E-state index is 8.25. The summed E-state index contributed by atoms with van der Waals surface area (Å²) in [5, 5.41) is 9.23. The highest BCUT2D eigenvalue weighted by atomic mass is 16.7. The maximum Gasteiger partial charge on any atom is 0.207 e. The van der Waals surface area contributed by atoms with Crippen LogP contribution in [0.15, 0.2) is 4.99 Å². The number of hydrogen-bond acceptors (Lipinski definition) is 4. The van der Waals surface area contributed by atoms with E-state index in [0.717, 1.165) is 5.17 Å². The Morgan fingerprint density at radius 1 is 1.73 bits per heavy atom. The standard InChI is InChI=1S/C6H12N4O/c1-5(2)6(9-4-7)10(8)11-3/h5H,8H2,1-3H3. The number of rotatable bonds is 2. The molecule has 0 aromatic heterocycles. The van der Waals surface area contributed by atoms with Gasteiger partial charge in [0.25, 0.3) is 0 Å². The first kappa shape index (κ1) is 9.88. The van der Waals surface area contributed by atoms with Crippen molar-refractivity contribution in [3.8, 4) is 6.19 Å². The molecule has 0 spiro atoms. The quantitative estimate of drug-likeness (QED) is 0.204. The lowest BCUT2D eigenvalue weighted by atomic mass is 10.2. The largest absolute Gasteiger partial charge is 0.260 e. The molecule has 5 nitrogen and oxygen atoms in total. The molecule has 0 unspecified atom stereocenters. The molecule has 62 valence electrons. The van der Waals surface area contributed by atoms with E-state index < -0.39 is 0 Å². The van der Waals surface area contributed by atoms with Gasteiger partial charge in [-0.3, -0.25) is 4.84 Å². The number of amidine groups is 1. The van der Waals surface area contributed by atoms with Crippen LogP contribution < -0.4 is 5.84 Å². The molecule has 0 radical (unpaired) electrons. The summed E-state index contributed by atoms with van der Waals surface area (Å²) in [6.45, 7) is 3.74. The van der Waals surface area contributed by atoms with Crippen molar-refractivity contribution in [3.63, 3.8) is 0 Å². The van der Waals surface area contributed by atoms with Crippen LogP contribution in [0.4, 0.5) is 0 Å². The molecule has 0 saturated heterocycles. The predicted octanol–water partition coefficient (Wildman–Crippen LogP) is 0.259. The average molecular weight is 156 g/mol. The van der Waals surface area contributed by atoms with Crippen LogP contribution >= 0.6 is 0 Å². The summed E-state index contributed by atoms with van der Waals surface area (Å²) in [6.07, 6.45) is 1.65. The normalized spacial score (nSPS) is 11.5. The maximum atomic E-state index is 8.25. The third kappa shape index (κ3) is 2.98. The summed E-state index contributed by atoms with van der Waals surface area (Å²) in [5.41, 5.74) is 0. The molecule has 0 aromatic rings. The van der Waals surface area contributed by atoms with Crippen molar-refractivity contribution in [2.75, 3.05) is 7.11 Å².